The second-order valence-electron chi connectivity index (χ2n) is 5.19. The van der Waals surface area contributed by atoms with Crippen LogP contribution in [0.25, 0.3) is 0 Å². The van der Waals surface area contributed by atoms with E-state index in [0.717, 1.165) is 38.7 Å². The molecule has 1 aromatic rings. The van der Waals surface area contributed by atoms with Gasteiger partial charge in [0.15, 0.2) is 0 Å². The fourth-order valence-electron chi connectivity index (χ4n) is 3.35. The topological polar surface area (TPSA) is 38.7 Å². The zero-order valence-corrected chi connectivity index (χ0v) is 10.4. The first kappa shape index (κ1) is 11.6. The molecule has 1 saturated carbocycles. The van der Waals surface area contributed by atoms with E-state index in [1.807, 2.05) is 0 Å². The predicted molar refractivity (Wildman–Crippen MR) is 68.1 cm³/mol. The summed E-state index contributed by atoms with van der Waals surface area (Å²) in [5.74, 6) is 0. The van der Waals surface area contributed by atoms with E-state index in [9.17, 15) is 4.79 Å². The van der Waals surface area contributed by atoms with E-state index in [0.29, 0.717) is 6.61 Å². The Balaban J connectivity index is 2.12. The Kier molecular flexibility index (Phi) is 3.02. The molecule has 1 aliphatic heterocycles. The number of carbonyl (C=O) groups excluding carboxylic acids is 1. The third-order valence-electron chi connectivity index (χ3n) is 4.22. The average Bonchev–Trinajstić information content (AvgIpc) is 2.88. The van der Waals surface area contributed by atoms with Gasteiger partial charge < -0.3 is 4.74 Å². The molecule has 0 aromatic heterocycles. The van der Waals surface area contributed by atoms with Crippen molar-refractivity contribution >= 4 is 6.08 Å². The summed E-state index contributed by atoms with van der Waals surface area (Å²) in [5, 5.41) is 0. The maximum absolute atomic E-state index is 10.8. The van der Waals surface area contributed by atoms with Crippen LogP contribution >= 0.6 is 0 Å². The molecule has 0 bridgehead atoms. The molecule has 0 atom stereocenters. The van der Waals surface area contributed by atoms with Crippen molar-refractivity contribution in [1.82, 2.24) is 0 Å². The fraction of sp³-hybridized carbons (Fsp3) is 0.533. The van der Waals surface area contributed by atoms with Crippen LogP contribution in [-0.4, -0.2) is 12.7 Å². The number of hydrogen-bond donors (Lipinski definition) is 0. The average molecular weight is 243 g/mol. The van der Waals surface area contributed by atoms with Crippen LogP contribution in [0.2, 0.25) is 0 Å². The van der Waals surface area contributed by atoms with E-state index in [-0.39, 0.29) is 5.54 Å². The molecule has 0 N–H and O–H groups in total. The first-order valence-electron chi connectivity index (χ1n) is 6.64. The summed E-state index contributed by atoms with van der Waals surface area (Å²) in [6, 6.07) is 6.31. The molecule has 0 spiro atoms. The van der Waals surface area contributed by atoms with Crippen LogP contribution in [0.4, 0.5) is 0 Å². The second-order valence-corrected chi connectivity index (χ2v) is 5.19. The third-order valence-corrected chi connectivity index (χ3v) is 4.22. The van der Waals surface area contributed by atoms with Gasteiger partial charge in [0.1, 0.15) is 0 Å². The molecule has 1 fully saturated rings. The lowest BCUT2D eigenvalue weighted by molar-refractivity contribution is 0.110. The molecule has 3 rings (SSSR count). The Labute approximate surface area is 107 Å². The lowest BCUT2D eigenvalue weighted by atomic mass is 9.82. The Morgan fingerprint density at radius 2 is 2.11 bits per heavy atom. The van der Waals surface area contributed by atoms with Gasteiger partial charge in [-0.15, -0.1) is 0 Å². The first-order chi connectivity index (χ1) is 8.86. The van der Waals surface area contributed by atoms with Crippen molar-refractivity contribution in [2.75, 3.05) is 6.61 Å². The highest BCUT2D eigenvalue weighted by Gasteiger charge is 2.38. The first-order valence-corrected chi connectivity index (χ1v) is 6.64. The highest BCUT2D eigenvalue weighted by Crippen LogP contribution is 2.44. The number of benzene rings is 1. The van der Waals surface area contributed by atoms with Gasteiger partial charge in [0.25, 0.3) is 0 Å². The molecular weight excluding hydrogens is 226 g/mol. The summed E-state index contributed by atoms with van der Waals surface area (Å²) < 4.78 is 5.50. The lowest BCUT2D eigenvalue weighted by Crippen LogP contribution is -2.24. The molecule has 1 aromatic carbocycles. The zero-order valence-electron chi connectivity index (χ0n) is 10.4. The number of aliphatic imine (C=N–C) groups is 1. The van der Waals surface area contributed by atoms with Gasteiger partial charge in [-0.1, -0.05) is 31.0 Å². The molecule has 0 saturated heterocycles. The van der Waals surface area contributed by atoms with Crippen LogP contribution in [0.5, 0.6) is 0 Å². The van der Waals surface area contributed by atoms with Crippen molar-refractivity contribution in [3.63, 3.8) is 0 Å². The molecule has 2 aliphatic rings. The standard InChI is InChI=1S/C15H17NO2/c17-11-16-15(7-1-2-8-15)14-5-3-4-12-10-18-9-6-13(12)14/h3-5H,1-2,6-10H2. The van der Waals surface area contributed by atoms with Crippen LogP contribution in [0.15, 0.2) is 23.2 Å². The molecule has 3 nitrogen and oxygen atoms in total. The van der Waals surface area contributed by atoms with E-state index < -0.39 is 0 Å². The van der Waals surface area contributed by atoms with Gasteiger partial charge in [-0.3, -0.25) is 0 Å². The molecule has 3 heteroatoms. The van der Waals surface area contributed by atoms with Gasteiger partial charge in [0, 0.05) is 0 Å². The van der Waals surface area contributed by atoms with Crippen LogP contribution in [0.3, 0.4) is 0 Å². The Morgan fingerprint density at radius 3 is 2.89 bits per heavy atom. The maximum Gasteiger partial charge on any atom is 0.235 e. The number of hydrogen-bond acceptors (Lipinski definition) is 3. The summed E-state index contributed by atoms with van der Waals surface area (Å²) in [5.41, 5.74) is 3.55. The van der Waals surface area contributed by atoms with E-state index in [2.05, 4.69) is 23.2 Å². The van der Waals surface area contributed by atoms with E-state index >= 15 is 0 Å². The minimum atomic E-state index is -0.301. The molecule has 0 radical (unpaired) electrons. The van der Waals surface area contributed by atoms with Crippen molar-refractivity contribution in [3.05, 3.63) is 34.9 Å². The normalized spacial score (nSPS) is 21.1. The molecule has 0 amide bonds. The van der Waals surface area contributed by atoms with Crippen LogP contribution in [0, 0.1) is 0 Å². The van der Waals surface area contributed by atoms with Gasteiger partial charge in [-0.05, 0) is 36.0 Å². The van der Waals surface area contributed by atoms with Crippen molar-refractivity contribution in [2.24, 2.45) is 4.99 Å². The van der Waals surface area contributed by atoms with Gasteiger partial charge in [-0.2, -0.15) is 4.99 Å². The van der Waals surface area contributed by atoms with Gasteiger partial charge >= 0.3 is 0 Å². The third kappa shape index (κ3) is 1.80. The van der Waals surface area contributed by atoms with Gasteiger partial charge in [0.05, 0.1) is 18.8 Å². The summed E-state index contributed by atoms with van der Waals surface area (Å²) in [7, 11) is 0. The van der Waals surface area contributed by atoms with Crippen LogP contribution < -0.4 is 0 Å². The molecule has 0 unspecified atom stereocenters. The highest BCUT2D eigenvalue weighted by molar-refractivity contribution is 5.45. The highest BCUT2D eigenvalue weighted by atomic mass is 16.5. The number of isocyanates is 1. The minimum Gasteiger partial charge on any atom is -0.376 e. The van der Waals surface area contributed by atoms with E-state index in [4.69, 9.17) is 4.74 Å². The number of fused-ring (bicyclic) bond motifs is 1. The molecule has 1 aliphatic carbocycles. The second kappa shape index (κ2) is 4.68. The lowest BCUT2D eigenvalue weighted by Gasteiger charge is -2.29. The van der Waals surface area contributed by atoms with Gasteiger partial charge in [0.2, 0.25) is 6.08 Å². The van der Waals surface area contributed by atoms with Crippen LogP contribution in [-0.2, 0) is 28.1 Å². The summed E-state index contributed by atoms with van der Waals surface area (Å²) >= 11 is 0. The minimum absolute atomic E-state index is 0.301. The van der Waals surface area contributed by atoms with Crippen LogP contribution in [0.1, 0.15) is 42.4 Å². The summed E-state index contributed by atoms with van der Waals surface area (Å²) in [4.78, 5) is 15.0. The van der Waals surface area contributed by atoms with Gasteiger partial charge in [-0.25, -0.2) is 4.79 Å². The maximum atomic E-state index is 10.8. The number of nitrogens with zero attached hydrogens (tertiary/aromatic N) is 1. The molecule has 94 valence electrons. The van der Waals surface area contributed by atoms with E-state index in [1.54, 1.807) is 6.08 Å². The number of rotatable bonds is 2. The predicted octanol–water partition coefficient (Wildman–Crippen LogP) is 2.86. The Hall–Kier alpha value is -1.44. The van der Waals surface area contributed by atoms with E-state index in [1.165, 1.54) is 16.7 Å². The van der Waals surface area contributed by atoms with Crippen molar-refractivity contribution in [3.8, 4) is 0 Å². The summed E-state index contributed by atoms with van der Waals surface area (Å²) in [6.45, 7) is 1.45. The smallest absolute Gasteiger partial charge is 0.235 e. The van der Waals surface area contributed by atoms with Crippen molar-refractivity contribution in [2.45, 2.75) is 44.2 Å². The Morgan fingerprint density at radius 1 is 1.28 bits per heavy atom. The molecule has 1 heterocycles. The largest absolute Gasteiger partial charge is 0.376 e. The molecular formula is C15H17NO2. The molecule has 18 heavy (non-hydrogen) atoms. The van der Waals surface area contributed by atoms with Crippen molar-refractivity contribution in [1.29, 1.82) is 0 Å². The SMILES string of the molecule is O=C=NC1(c2cccc3c2CCOC3)CCCC1. The zero-order chi connectivity index (χ0) is 12.4. The number of ether oxygens (including phenoxy) is 1. The summed E-state index contributed by atoms with van der Waals surface area (Å²) in [6.07, 6.45) is 6.96. The quantitative estimate of drug-likeness (QED) is 0.591. The Bertz CT molecular complexity index is 497. The monoisotopic (exact) mass is 243 g/mol. The van der Waals surface area contributed by atoms with Crippen molar-refractivity contribution < 1.29 is 9.53 Å². The fourth-order valence-corrected chi connectivity index (χ4v) is 3.35.